The SMILES string of the molecule is Cc1cccc(C=O)c1OCc1cc(F)cc(Br)c1. The molecule has 0 saturated heterocycles. The monoisotopic (exact) mass is 322 g/mol. The van der Waals surface area contributed by atoms with Crippen molar-refractivity contribution in [2.75, 3.05) is 0 Å². The molecule has 0 bridgehead atoms. The highest BCUT2D eigenvalue weighted by Gasteiger charge is 2.07. The molecular formula is C15H12BrFO2. The van der Waals surface area contributed by atoms with Crippen LogP contribution in [-0.2, 0) is 6.61 Å². The summed E-state index contributed by atoms with van der Waals surface area (Å²) < 4.78 is 19.5. The van der Waals surface area contributed by atoms with Gasteiger partial charge in [-0.1, -0.05) is 28.1 Å². The molecule has 2 aromatic rings. The highest BCUT2D eigenvalue weighted by Crippen LogP contribution is 2.24. The molecule has 2 rings (SSSR count). The van der Waals surface area contributed by atoms with E-state index in [0.29, 0.717) is 21.3 Å². The van der Waals surface area contributed by atoms with Gasteiger partial charge in [-0.2, -0.15) is 0 Å². The number of halogens is 2. The fourth-order valence-corrected chi connectivity index (χ4v) is 2.33. The van der Waals surface area contributed by atoms with Gasteiger partial charge >= 0.3 is 0 Å². The first kappa shape index (κ1) is 13.7. The summed E-state index contributed by atoms with van der Waals surface area (Å²) in [6, 6.07) is 9.92. The first-order valence-corrected chi connectivity index (χ1v) is 6.52. The van der Waals surface area contributed by atoms with Crippen LogP contribution >= 0.6 is 15.9 Å². The summed E-state index contributed by atoms with van der Waals surface area (Å²) in [5, 5.41) is 0. The molecule has 98 valence electrons. The number of hydrogen-bond donors (Lipinski definition) is 0. The van der Waals surface area contributed by atoms with Crippen molar-refractivity contribution in [3.05, 3.63) is 63.4 Å². The molecule has 0 atom stereocenters. The lowest BCUT2D eigenvalue weighted by Crippen LogP contribution is -2.00. The maximum atomic E-state index is 13.2. The normalized spacial score (nSPS) is 10.3. The van der Waals surface area contributed by atoms with Gasteiger partial charge in [-0.3, -0.25) is 4.79 Å². The number of ether oxygens (including phenoxy) is 1. The fourth-order valence-electron chi connectivity index (χ4n) is 1.81. The number of carbonyl (C=O) groups is 1. The van der Waals surface area contributed by atoms with E-state index >= 15 is 0 Å². The summed E-state index contributed by atoms with van der Waals surface area (Å²) in [6.45, 7) is 2.08. The summed E-state index contributed by atoms with van der Waals surface area (Å²) in [5.74, 6) is 0.214. The molecule has 0 saturated carbocycles. The highest BCUT2D eigenvalue weighted by molar-refractivity contribution is 9.10. The molecule has 0 unspecified atom stereocenters. The zero-order valence-corrected chi connectivity index (χ0v) is 11.9. The molecule has 0 spiro atoms. The van der Waals surface area contributed by atoms with Gasteiger partial charge in [0.25, 0.3) is 0 Å². The number of benzene rings is 2. The Morgan fingerprint density at radius 3 is 2.79 bits per heavy atom. The van der Waals surface area contributed by atoms with Gasteiger partial charge in [-0.05, 0) is 42.3 Å². The molecule has 0 aromatic heterocycles. The largest absolute Gasteiger partial charge is 0.488 e. The lowest BCUT2D eigenvalue weighted by atomic mass is 10.1. The fraction of sp³-hybridized carbons (Fsp3) is 0.133. The molecule has 0 N–H and O–H groups in total. The molecule has 2 nitrogen and oxygen atoms in total. The molecule has 0 fully saturated rings. The van der Waals surface area contributed by atoms with Crippen molar-refractivity contribution < 1.29 is 13.9 Å². The maximum Gasteiger partial charge on any atom is 0.153 e. The van der Waals surface area contributed by atoms with E-state index in [4.69, 9.17) is 4.74 Å². The Bertz CT molecular complexity index is 591. The molecule has 0 aliphatic rings. The molecular weight excluding hydrogens is 311 g/mol. The van der Waals surface area contributed by atoms with Crippen molar-refractivity contribution in [2.24, 2.45) is 0 Å². The Balaban J connectivity index is 2.21. The number of hydrogen-bond acceptors (Lipinski definition) is 2. The van der Waals surface area contributed by atoms with Crippen LogP contribution in [-0.4, -0.2) is 6.29 Å². The van der Waals surface area contributed by atoms with Gasteiger partial charge in [-0.15, -0.1) is 0 Å². The third kappa shape index (κ3) is 3.41. The van der Waals surface area contributed by atoms with Crippen molar-refractivity contribution in [1.82, 2.24) is 0 Å². The van der Waals surface area contributed by atoms with E-state index < -0.39 is 0 Å². The maximum absolute atomic E-state index is 13.2. The zero-order valence-electron chi connectivity index (χ0n) is 10.3. The van der Waals surface area contributed by atoms with Crippen LogP contribution in [0.25, 0.3) is 0 Å². The average Bonchev–Trinajstić information content (AvgIpc) is 2.36. The Hall–Kier alpha value is -1.68. The smallest absolute Gasteiger partial charge is 0.153 e. The lowest BCUT2D eigenvalue weighted by molar-refractivity contribution is 0.111. The van der Waals surface area contributed by atoms with Crippen molar-refractivity contribution in [3.8, 4) is 5.75 Å². The molecule has 0 radical (unpaired) electrons. The molecule has 0 amide bonds. The van der Waals surface area contributed by atoms with E-state index in [1.807, 2.05) is 13.0 Å². The van der Waals surface area contributed by atoms with Crippen LogP contribution in [0.15, 0.2) is 40.9 Å². The standard InChI is InChI=1S/C15H12BrFO2/c1-10-3-2-4-12(8-18)15(10)19-9-11-5-13(16)7-14(17)6-11/h2-8H,9H2,1H3. The van der Waals surface area contributed by atoms with Gasteiger partial charge in [0, 0.05) is 4.47 Å². The minimum absolute atomic E-state index is 0.210. The van der Waals surface area contributed by atoms with Gasteiger partial charge in [0.05, 0.1) is 5.56 Å². The van der Waals surface area contributed by atoms with E-state index in [1.165, 1.54) is 12.1 Å². The average molecular weight is 323 g/mol. The zero-order chi connectivity index (χ0) is 13.8. The van der Waals surface area contributed by atoms with Crippen molar-refractivity contribution >= 4 is 22.2 Å². The highest BCUT2D eigenvalue weighted by atomic mass is 79.9. The predicted octanol–water partition coefficient (Wildman–Crippen LogP) is 4.29. The van der Waals surface area contributed by atoms with Crippen LogP contribution in [0.1, 0.15) is 21.5 Å². The number of rotatable bonds is 4. The molecule has 0 heterocycles. The Morgan fingerprint density at radius 1 is 1.32 bits per heavy atom. The quantitative estimate of drug-likeness (QED) is 0.785. The summed E-state index contributed by atoms with van der Waals surface area (Å²) in [6.07, 6.45) is 0.754. The first-order valence-electron chi connectivity index (χ1n) is 5.72. The van der Waals surface area contributed by atoms with Gasteiger partial charge in [0.15, 0.2) is 6.29 Å². The van der Waals surface area contributed by atoms with Gasteiger partial charge in [0.1, 0.15) is 18.2 Å². The molecule has 0 aliphatic heterocycles. The summed E-state index contributed by atoms with van der Waals surface area (Å²) in [7, 11) is 0. The number of para-hydroxylation sites is 1. The second-order valence-corrected chi connectivity index (χ2v) is 5.09. The third-order valence-corrected chi connectivity index (χ3v) is 3.13. The van der Waals surface area contributed by atoms with Crippen LogP contribution in [0.3, 0.4) is 0 Å². The molecule has 19 heavy (non-hydrogen) atoms. The Kier molecular flexibility index (Phi) is 4.32. The van der Waals surface area contributed by atoms with Crippen LogP contribution in [0.2, 0.25) is 0 Å². The summed E-state index contributed by atoms with van der Waals surface area (Å²) >= 11 is 3.23. The van der Waals surface area contributed by atoms with E-state index in [-0.39, 0.29) is 12.4 Å². The van der Waals surface area contributed by atoms with Crippen LogP contribution < -0.4 is 4.74 Å². The van der Waals surface area contributed by atoms with E-state index in [0.717, 1.165) is 11.8 Å². The number of aryl methyl sites for hydroxylation is 1. The molecule has 2 aromatic carbocycles. The molecule has 4 heteroatoms. The minimum Gasteiger partial charge on any atom is -0.488 e. The topological polar surface area (TPSA) is 26.3 Å². The van der Waals surface area contributed by atoms with E-state index in [2.05, 4.69) is 15.9 Å². The van der Waals surface area contributed by atoms with Crippen molar-refractivity contribution in [2.45, 2.75) is 13.5 Å². The lowest BCUT2D eigenvalue weighted by Gasteiger charge is -2.11. The number of aldehydes is 1. The van der Waals surface area contributed by atoms with Crippen molar-refractivity contribution in [3.63, 3.8) is 0 Å². The second-order valence-electron chi connectivity index (χ2n) is 4.18. The summed E-state index contributed by atoms with van der Waals surface area (Å²) in [4.78, 5) is 11.0. The van der Waals surface area contributed by atoms with Crippen molar-refractivity contribution in [1.29, 1.82) is 0 Å². The predicted molar refractivity (Wildman–Crippen MR) is 75.0 cm³/mol. The molecule has 0 aliphatic carbocycles. The summed E-state index contributed by atoms with van der Waals surface area (Å²) in [5.41, 5.74) is 2.07. The van der Waals surface area contributed by atoms with Crippen LogP contribution in [0, 0.1) is 12.7 Å². The van der Waals surface area contributed by atoms with Gasteiger partial charge in [0.2, 0.25) is 0 Å². The van der Waals surface area contributed by atoms with Gasteiger partial charge in [-0.25, -0.2) is 4.39 Å². The van der Waals surface area contributed by atoms with E-state index in [9.17, 15) is 9.18 Å². The number of carbonyl (C=O) groups excluding carboxylic acids is 1. The van der Waals surface area contributed by atoms with Crippen LogP contribution in [0.4, 0.5) is 4.39 Å². The van der Waals surface area contributed by atoms with E-state index in [1.54, 1.807) is 18.2 Å². The Labute approximate surface area is 119 Å². The first-order chi connectivity index (χ1) is 9.10. The second kappa shape index (κ2) is 5.97. The third-order valence-electron chi connectivity index (χ3n) is 2.67. The van der Waals surface area contributed by atoms with Gasteiger partial charge < -0.3 is 4.74 Å². The minimum atomic E-state index is -0.326. The van der Waals surface area contributed by atoms with Crippen LogP contribution in [0.5, 0.6) is 5.75 Å². The Morgan fingerprint density at radius 2 is 2.11 bits per heavy atom.